The lowest BCUT2D eigenvalue weighted by Crippen LogP contribution is -2.74. The second-order valence-electron chi connectivity index (χ2n) is 8.18. The summed E-state index contributed by atoms with van der Waals surface area (Å²) in [5.41, 5.74) is 1.55. The van der Waals surface area contributed by atoms with Crippen LogP contribution in [0.25, 0.3) is 0 Å². The fourth-order valence-corrected chi connectivity index (χ4v) is 5.19. The van der Waals surface area contributed by atoms with Crippen molar-refractivity contribution in [2.75, 3.05) is 0 Å². The van der Waals surface area contributed by atoms with Crippen molar-refractivity contribution in [1.29, 1.82) is 0 Å². The molecule has 10 nitrogen and oxygen atoms in total. The zero-order chi connectivity index (χ0) is 25.7. The number of carbonyl (C=O) groups is 3. The first-order chi connectivity index (χ1) is 16.6. The lowest BCUT2D eigenvalue weighted by Gasteiger charge is -2.48. The number of nitro benzene ring substituents is 1. The fraction of sp³-hybridized carbons (Fsp3) is 0.348. The molecule has 0 saturated carbocycles. The Labute approximate surface area is 208 Å². The van der Waals surface area contributed by atoms with Crippen molar-refractivity contribution in [3.63, 3.8) is 0 Å². The first-order valence-corrected chi connectivity index (χ1v) is 12.7. The van der Waals surface area contributed by atoms with E-state index in [2.05, 4.69) is 11.9 Å². The van der Waals surface area contributed by atoms with Gasteiger partial charge in [0, 0.05) is 18.6 Å². The van der Waals surface area contributed by atoms with Crippen LogP contribution in [0.4, 0.5) is 5.69 Å². The second kappa shape index (κ2) is 11.4. The minimum Gasteiger partial charge on any atom is -0.459 e. The molecule has 4 atom stereocenters. The molecule has 1 heterocycles. The van der Waals surface area contributed by atoms with E-state index in [0.717, 1.165) is 23.3 Å². The minimum atomic E-state index is -2.10. The Kier molecular flexibility index (Phi) is 8.57. The summed E-state index contributed by atoms with van der Waals surface area (Å²) in [6, 6.07) is 3.01. The van der Waals surface area contributed by atoms with Gasteiger partial charge >= 0.3 is 5.97 Å². The van der Waals surface area contributed by atoms with Gasteiger partial charge in [0.2, 0.25) is 11.8 Å². The van der Waals surface area contributed by atoms with E-state index in [1.54, 1.807) is 0 Å². The molecule has 12 heteroatoms. The monoisotopic (exact) mass is 521 g/mol. The molecule has 4 unspecified atom stereocenters. The van der Waals surface area contributed by atoms with Gasteiger partial charge in [0.05, 0.1) is 4.92 Å². The topological polar surface area (TPSA) is 136 Å². The number of nitrogens with zero attached hydrogens (tertiary/aromatic N) is 2. The maximum atomic E-state index is 12.9. The number of ether oxygens (including phenoxy) is 1. The first-order valence-electron chi connectivity index (χ1n) is 10.7. The summed E-state index contributed by atoms with van der Waals surface area (Å²) in [6.45, 7) is 5.04. The van der Waals surface area contributed by atoms with Crippen molar-refractivity contribution in [3.05, 3.63) is 75.9 Å². The third-order valence-corrected chi connectivity index (χ3v) is 7.00. The fourth-order valence-electron chi connectivity index (χ4n) is 3.82. The molecular weight excluding hydrogens is 498 g/mol. The normalized spacial score (nSPS) is 20.8. The molecule has 0 aromatic heterocycles. The highest BCUT2D eigenvalue weighted by atomic mass is 35.7. The summed E-state index contributed by atoms with van der Waals surface area (Å²) < 4.78 is 17.5. The Morgan fingerprint density at radius 3 is 2.60 bits per heavy atom. The average molecular weight is 522 g/mol. The number of esters is 1. The number of allylic oxidation sites excluding steroid dienone is 3. The number of nitro groups is 1. The lowest BCUT2D eigenvalue weighted by molar-refractivity contribution is -0.384. The molecule has 1 saturated heterocycles. The molecule has 0 radical (unpaired) electrons. The second-order valence-corrected chi connectivity index (χ2v) is 10.1. The van der Waals surface area contributed by atoms with E-state index in [-0.39, 0.29) is 24.3 Å². The number of likely N-dealkylation sites (tertiary alicyclic amines) is 1. The third-order valence-electron chi connectivity index (χ3n) is 5.57. The molecule has 1 aromatic carbocycles. The number of carbonyl (C=O) groups excluding carboxylic acids is 3. The molecular formula is C23H24ClN3O7S. The number of benzene rings is 1. The van der Waals surface area contributed by atoms with E-state index in [1.165, 1.54) is 31.2 Å². The first kappa shape index (κ1) is 26.3. The van der Waals surface area contributed by atoms with E-state index in [1.807, 2.05) is 18.2 Å². The van der Waals surface area contributed by atoms with Crippen molar-refractivity contribution in [3.8, 4) is 0 Å². The molecule has 2 aliphatic rings. The highest BCUT2D eigenvalue weighted by molar-refractivity contribution is 8.08. The number of non-ortho nitro benzene ring substituents is 1. The highest BCUT2D eigenvalue weighted by Gasteiger charge is 2.56. The molecule has 1 aliphatic carbocycles. The Morgan fingerprint density at radius 1 is 1.37 bits per heavy atom. The molecule has 1 aliphatic heterocycles. The van der Waals surface area contributed by atoms with Crippen LogP contribution < -0.4 is 5.32 Å². The van der Waals surface area contributed by atoms with Gasteiger partial charge in [-0.15, -0.1) is 0 Å². The van der Waals surface area contributed by atoms with Crippen molar-refractivity contribution >= 4 is 44.2 Å². The van der Waals surface area contributed by atoms with E-state index < -0.39 is 50.2 Å². The summed E-state index contributed by atoms with van der Waals surface area (Å²) in [5, 5.41) is 12.2. The molecule has 2 amide bonds. The minimum absolute atomic E-state index is 0.0942. The smallest absolute Gasteiger partial charge is 0.333 e. The quantitative estimate of drug-likeness (QED) is 0.125. The van der Waals surface area contributed by atoms with Crippen LogP contribution in [0, 0.1) is 10.1 Å². The van der Waals surface area contributed by atoms with Crippen LogP contribution in [-0.4, -0.2) is 49.3 Å². The number of rotatable bonds is 10. The number of amides is 2. The van der Waals surface area contributed by atoms with E-state index >= 15 is 0 Å². The molecule has 1 aromatic rings. The maximum Gasteiger partial charge on any atom is 0.333 e. The summed E-state index contributed by atoms with van der Waals surface area (Å²) in [4.78, 5) is 49.4. The van der Waals surface area contributed by atoms with E-state index in [4.69, 9.17) is 15.4 Å². The van der Waals surface area contributed by atoms with Gasteiger partial charge in [-0.2, -0.15) is 0 Å². The number of hydrogen-bond acceptors (Lipinski definition) is 7. The SMILES string of the molecule is C=C(C)C(C(=O)OCc1ccc([N+](=O)[O-])cc1)N1C(=O)C(NC(=O)CC2=CC=CCC2)C1S(=O)Cl. The molecule has 35 heavy (non-hydrogen) atoms. The van der Waals surface area contributed by atoms with Crippen LogP contribution in [0.1, 0.15) is 31.7 Å². The summed E-state index contributed by atoms with van der Waals surface area (Å²) in [6.07, 6.45) is 7.34. The Hall–Kier alpha value is -3.31. The van der Waals surface area contributed by atoms with Crippen molar-refractivity contribution in [2.24, 2.45) is 0 Å². The van der Waals surface area contributed by atoms with E-state index in [0.29, 0.717) is 5.56 Å². The van der Waals surface area contributed by atoms with Gasteiger partial charge in [0.15, 0.2) is 11.4 Å². The largest absolute Gasteiger partial charge is 0.459 e. The lowest BCUT2D eigenvalue weighted by atomic mass is 9.98. The number of hydrogen-bond donors (Lipinski definition) is 1. The highest BCUT2D eigenvalue weighted by Crippen LogP contribution is 2.31. The molecule has 0 spiro atoms. The molecule has 3 rings (SSSR count). The summed E-state index contributed by atoms with van der Waals surface area (Å²) in [5.74, 6) is -1.88. The zero-order valence-electron chi connectivity index (χ0n) is 18.8. The average Bonchev–Trinajstić information content (AvgIpc) is 2.81. The Morgan fingerprint density at radius 2 is 2.06 bits per heavy atom. The van der Waals surface area contributed by atoms with Gasteiger partial charge in [-0.25, -0.2) is 9.00 Å². The van der Waals surface area contributed by atoms with Crippen LogP contribution in [0.15, 0.2) is 60.2 Å². The van der Waals surface area contributed by atoms with Gasteiger partial charge in [-0.3, -0.25) is 19.7 Å². The zero-order valence-corrected chi connectivity index (χ0v) is 20.4. The van der Waals surface area contributed by atoms with Crippen molar-refractivity contribution in [2.45, 2.75) is 50.3 Å². The number of halogens is 1. The number of nitrogens with one attached hydrogen (secondary N) is 1. The van der Waals surface area contributed by atoms with Gasteiger partial charge in [-0.1, -0.05) is 30.4 Å². The van der Waals surface area contributed by atoms with E-state index in [9.17, 15) is 28.7 Å². The predicted octanol–water partition coefficient (Wildman–Crippen LogP) is 2.80. The summed E-state index contributed by atoms with van der Waals surface area (Å²) >= 11 is 0. The third kappa shape index (κ3) is 6.23. The van der Waals surface area contributed by atoms with Gasteiger partial charge in [0.1, 0.15) is 22.7 Å². The van der Waals surface area contributed by atoms with Gasteiger partial charge in [-0.05, 0) is 53.7 Å². The Balaban J connectivity index is 1.67. The molecule has 1 N–H and O–H groups in total. The predicted molar refractivity (Wildman–Crippen MR) is 129 cm³/mol. The Bertz CT molecular complexity index is 1130. The number of β-lactam (4-membered cyclic amide) rings is 1. The standard InChI is InChI=1S/C23H24ClN3O7S/c1-14(2)20(23(30)34-13-16-8-10-17(11-9-16)27(31)32)26-21(29)19(22(26)35(24)33)25-18(28)12-15-6-4-3-5-7-15/h3-4,6,8-11,19-20,22H,1,5,7,12-13H2,2H3,(H,25,28). The van der Waals surface area contributed by atoms with Crippen LogP contribution >= 0.6 is 10.7 Å². The summed E-state index contributed by atoms with van der Waals surface area (Å²) in [7, 11) is 3.74. The van der Waals surface area contributed by atoms with Crippen molar-refractivity contribution in [1.82, 2.24) is 10.2 Å². The van der Waals surface area contributed by atoms with Crippen LogP contribution in [0.2, 0.25) is 0 Å². The van der Waals surface area contributed by atoms with Gasteiger partial charge < -0.3 is 15.0 Å². The maximum absolute atomic E-state index is 12.9. The molecule has 0 bridgehead atoms. The molecule has 1 fully saturated rings. The molecule has 186 valence electrons. The van der Waals surface area contributed by atoms with Crippen LogP contribution in [0.3, 0.4) is 0 Å². The van der Waals surface area contributed by atoms with Crippen molar-refractivity contribution < 1.29 is 28.3 Å². The van der Waals surface area contributed by atoms with Crippen LogP contribution in [0.5, 0.6) is 0 Å². The van der Waals surface area contributed by atoms with Gasteiger partial charge in [0.25, 0.3) is 5.69 Å². The van der Waals surface area contributed by atoms with Crippen LogP contribution in [-0.2, 0) is 35.7 Å².